The first-order valence-corrected chi connectivity index (χ1v) is 5.05. The molecule has 78 valence electrons. The van der Waals surface area contributed by atoms with Crippen molar-refractivity contribution < 1.29 is 4.39 Å². The van der Waals surface area contributed by atoms with Crippen molar-refractivity contribution >= 4 is 10.8 Å². The first-order chi connectivity index (χ1) is 7.33. The van der Waals surface area contributed by atoms with Crippen LogP contribution in [-0.4, -0.2) is 11.5 Å². The Morgan fingerprint density at radius 2 is 2.07 bits per heavy atom. The highest BCUT2D eigenvalue weighted by Gasteiger charge is 2.04. The third kappa shape index (κ3) is 1.97. The highest BCUT2D eigenvalue weighted by atomic mass is 19.1. The zero-order chi connectivity index (χ0) is 10.7. The molecule has 0 amide bonds. The number of rotatable bonds is 3. The molecule has 0 saturated heterocycles. The molecule has 1 aromatic carbocycles. The second-order valence-corrected chi connectivity index (χ2v) is 3.48. The molecule has 2 nitrogen and oxygen atoms in total. The van der Waals surface area contributed by atoms with Crippen LogP contribution < -0.4 is 5.73 Å². The molecule has 0 spiro atoms. The van der Waals surface area contributed by atoms with Crippen LogP contribution in [0.2, 0.25) is 0 Å². The molecule has 0 aliphatic rings. The zero-order valence-corrected chi connectivity index (χ0v) is 8.41. The molecule has 15 heavy (non-hydrogen) atoms. The van der Waals surface area contributed by atoms with Crippen LogP contribution in [0.1, 0.15) is 12.1 Å². The standard InChI is InChI=1S/C12H13FN2/c13-11-4-1-3-10-9(11)6-8-15-12(10)5-2-7-14/h1,3-4,6,8H,2,5,7,14H2. The topological polar surface area (TPSA) is 38.9 Å². The molecule has 0 saturated carbocycles. The summed E-state index contributed by atoms with van der Waals surface area (Å²) in [6, 6.07) is 6.79. The first kappa shape index (κ1) is 10.1. The maximum Gasteiger partial charge on any atom is 0.131 e. The minimum absolute atomic E-state index is 0.191. The molecule has 0 bridgehead atoms. The van der Waals surface area contributed by atoms with Gasteiger partial charge >= 0.3 is 0 Å². The third-order valence-corrected chi connectivity index (χ3v) is 2.45. The van der Waals surface area contributed by atoms with E-state index in [9.17, 15) is 4.39 Å². The monoisotopic (exact) mass is 204 g/mol. The lowest BCUT2D eigenvalue weighted by Gasteiger charge is -2.05. The molecule has 1 heterocycles. The third-order valence-electron chi connectivity index (χ3n) is 2.45. The number of nitrogens with two attached hydrogens (primary N) is 1. The summed E-state index contributed by atoms with van der Waals surface area (Å²) in [6.07, 6.45) is 3.33. The second-order valence-electron chi connectivity index (χ2n) is 3.48. The van der Waals surface area contributed by atoms with Crippen LogP contribution in [0, 0.1) is 5.82 Å². The van der Waals surface area contributed by atoms with Gasteiger partial charge in [0.15, 0.2) is 0 Å². The van der Waals surface area contributed by atoms with E-state index in [1.807, 2.05) is 6.07 Å². The summed E-state index contributed by atoms with van der Waals surface area (Å²) in [4.78, 5) is 4.26. The Balaban J connectivity index is 2.51. The molecule has 0 aliphatic heterocycles. The first-order valence-electron chi connectivity index (χ1n) is 5.05. The summed E-state index contributed by atoms with van der Waals surface area (Å²) < 4.78 is 13.4. The van der Waals surface area contributed by atoms with Gasteiger partial charge in [-0.2, -0.15) is 0 Å². The molecule has 0 atom stereocenters. The average molecular weight is 204 g/mol. The molecular weight excluding hydrogens is 191 g/mol. The molecule has 0 unspecified atom stereocenters. The van der Waals surface area contributed by atoms with Crippen LogP contribution in [0.3, 0.4) is 0 Å². The molecule has 2 N–H and O–H groups in total. The van der Waals surface area contributed by atoms with E-state index in [4.69, 9.17) is 5.73 Å². The van der Waals surface area contributed by atoms with Crippen molar-refractivity contribution in [3.63, 3.8) is 0 Å². The van der Waals surface area contributed by atoms with E-state index in [2.05, 4.69) is 4.98 Å². The molecule has 2 aromatic rings. The SMILES string of the molecule is NCCCc1nccc2c(F)cccc12. The Bertz CT molecular complexity index is 468. The van der Waals surface area contributed by atoms with E-state index in [1.165, 1.54) is 6.07 Å². The quantitative estimate of drug-likeness (QED) is 0.832. The lowest BCUT2D eigenvalue weighted by Crippen LogP contribution is -2.02. The fourth-order valence-electron chi connectivity index (χ4n) is 1.70. The van der Waals surface area contributed by atoms with Gasteiger partial charge in [-0.3, -0.25) is 4.98 Å². The van der Waals surface area contributed by atoms with Gasteiger partial charge in [0, 0.05) is 22.7 Å². The summed E-state index contributed by atoms with van der Waals surface area (Å²) in [5.74, 6) is -0.191. The Morgan fingerprint density at radius 1 is 1.20 bits per heavy atom. The minimum Gasteiger partial charge on any atom is -0.330 e. The number of hydrogen-bond donors (Lipinski definition) is 1. The van der Waals surface area contributed by atoms with Crippen LogP contribution in [0.25, 0.3) is 10.8 Å². The van der Waals surface area contributed by atoms with Crippen molar-refractivity contribution in [2.24, 2.45) is 5.73 Å². The zero-order valence-electron chi connectivity index (χ0n) is 8.41. The van der Waals surface area contributed by atoms with Crippen LogP contribution in [0.4, 0.5) is 4.39 Å². The van der Waals surface area contributed by atoms with Crippen molar-refractivity contribution in [2.45, 2.75) is 12.8 Å². The van der Waals surface area contributed by atoms with E-state index in [0.717, 1.165) is 23.9 Å². The smallest absolute Gasteiger partial charge is 0.131 e. The predicted molar refractivity (Wildman–Crippen MR) is 59.1 cm³/mol. The van der Waals surface area contributed by atoms with Crippen molar-refractivity contribution in [1.82, 2.24) is 4.98 Å². The number of aromatic nitrogens is 1. The van der Waals surface area contributed by atoms with Gasteiger partial charge < -0.3 is 5.73 Å². The minimum atomic E-state index is -0.191. The van der Waals surface area contributed by atoms with Gasteiger partial charge in [0.25, 0.3) is 0 Å². The maximum atomic E-state index is 13.4. The average Bonchev–Trinajstić information content (AvgIpc) is 2.27. The van der Waals surface area contributed by atoms with Gasteiger partial charge in [-0.05, 0) is 31.5 Å². The summed E-state index contributed by atoms with van der Waals surface area (Å²) in [5, 5.41) is 1.53. The number of nitrogens with zero attached hydrogens (tertiary/aromatic N) is 1. The Labute approximate surface area is 87.9 Å². The number of hydrogen-bond acceptors (Lipinski definition) is 2. The van der Waals surface area contributed by atoms with Gasteiger partial charge in [0.2, 0.25) is 0 Å². The van der Waals surface area contributed by atoms with Gasteiger partial charge in [-0.1, -0.05) is 12.1 Å². The number of fused-ring (bicyclic) bond motifs is 1. The summed E-state index contributed by atoms with van der Waals surface area (Å²) in [6.45, 7) is 0.632. The fraction of sp³-hybridized carbons (Fsp3) is 0.250. The predicted octanol–water partition coefficient (Wildman–Crippen LogP) is 2.27. The van der Waals surface area contributed by atoms with E-state index < -0.39 is 0 Å². The van der Waals surface area contributed by atoms with Gasteiger partial charge in [0.05, 0.1) is 0 Å². The normalized spacial score (nSPS) is 10.8. The largest absolute Gasteiger partial charge is 0.330 e. The molecular formula is C12H13FN2. The fourth-order valence-corrected chi connectivity index (χ4v) is 1.70. The van der Waals surface area contributed by atoms with Gasteiger partial charge in [-0.25, -0.2) is 4.39 Å². The van der Waals surface area contributed by atoms with Crippen molar-refractivity contribution in [3.05, 3.63) is 42.0 Å². The molecule has 3 heteroatoms. The Morgan fingerprint density at radius 3 is 2.87 bits per heavy atom. The second kappa shape index (κ2) is 4.36. The van der Waals surface area contributed by atoms with Crippen LogP contribution >= 0.6 is 0 Å². The van der Waals surface area contributed by atoms with Gasteiger partial charge in [0.1, 0.15) is 5.82 Å². The van der Waals surface area contributed by atoms with E-state index >= 15 is 0 Å². The molecule has 1 aromatic heterocycles. The maximum absolute atomic E-state index is 13.4. The summed E-state index contributed by atoms with van der Waals surface area (Å²) in [5.41, 5.74) is 6.38. The molecule has 0 fully saturated rings. The number of halogens is 1. The molecule has 0 aliphatic carbocycles. The van der Waals surface area contributed by atoms with E-state index in [1.54, 1.807) is 18.3 Å². The Kier molecular flexibility index (Phi) is 2.92. The van der Waals surface area contributed by atoms with Crippen LogP contribution in [0.5, 0.6) is 0 Å². The number of benzene rings is 1. The van der Waals surface area contributed by atoms with Crippen LogP contribution in [0.15, 0.2) is 30.5 Å². The number of aryl methyl sites for hydroxylation is 1. The summed E-state index contributed by atoms with van der Waals surface area (Å²) >= 11 is 0. The van der Waals surface area contributed by atoms with Crippen molar-refractivity contribution in [1.29, 1.82) is 0 Å². The Hall–Kier alpha value is -1.48. The lowest BCUT2D eigenvalue weighted by atomic mass is 10.1. The van der Waals surface area contributed by atoms with Crippen molar-refractivity contribution in [3.8, 4) is 0 Å². The molecule has 2 rings (SSSR count). The highest BCUT2D eigenvalue weighted by Crippen LogP contribution is 2.20. The lowest BCUT2D eigenvalue weighted by molar-refractivity contribution is 0.639. The number of pyridine rings is 1. The van der Waals surface area contributed by atoms with Crippen molar-refractivity contribution in [2.75, 3.05) is 6.54 Å². The van der Waals surface area contributed by atoms with Crippen LogP contribution in [-0.2, 0) is 6.42 Å². The highest BCUT2D eigenvalue weighted by molar-refractivity contribution is 5.84. The molecule has 0 radical (unpaired) electrons. The van der Waals surface area contributed by atoms with E-state index in [0.29, 0.717) is 11.9 Å². The summed E-state index contributed by atoms with van der Waals surface area (Å²) in [7, 11) is 0. The van der Waals surface area contributed by atoms with E-state index in [-0.39, 0.29) is 5.82 Å². The van der Waals surface area contributed by atoms with Gasteiger partial charge in [-0.15, -0.1) is 0 Å².